The fraction of sp³-hybridized carbons (Fsp3) is 0.222. The van der Waals surface area contributed by atoms with Crippen LogP contribution in [0.2, 0.25) is 0 Å². The normalized spacial score (nSPS) is 13.3. The lowest BCUT2D eigenvalue weighted by Crippen LogP contribution is -2.15. The van der Waals surface area contributed by atoms with E-state index in [1.807, 2.05) is 37.3 Å². The third-order valence-electron chi connectivity index (χ3n) is 3.69. The fourth-order valence-electron chi connectivity index (χ4n) is 2.47. The predicted octanol–water partition coefficient (Wildman–Crippen LogP) is 2.90. The number of hydrogen-bond donors (Lipinski definition) is 2. The molecule has 0 saturated carbocycles. The van der Waals surface area contributed by atoms with Crippen LogP contribution in [0.15, 0.2) is 42.5 Å². The number of fused-ring (bicyclic) bond motifs is 1. The Bertz CT molecular complexity index is 756. The Morgan fingerprint density at radius 1 is 1.26 bits per heavy atom. The zero-order valence-electron chi connectivity index (χ0n) is 12.9. The number of ether oxygens (including phenoxy) is 1. The highest BCUT2D eigenvalue weighted by Crippen LogP contribution is 2.28. The summed E-state index contributed by atoms with van der Waals surface area (Å²) in [6.07, 6.45) is 0.565. The van der Waals surface area contributed by atoms with E-state index in [0.717, 1.165) is 16.8 Å². The highest BCUT2D eigenvalue weighted by atomic mass is 16.5. The number of benzene rings is 2. The standard InChI is InChI=1S/C18H18N2O3/c1-12-4-2-3-5-14(12)19-18(22)11-13-6-7-16-15(10-13)20-17(21)8-9-23-16/h2-7,10H,8-9,11H2,1H3,(H,19,22)(H,20,21). The molecule has 0 bridgehead atoms. The van der Waals surface area contributed by atoms with Gasteiger partial charge in [-0.25, -0.2) is 0 Å². The first-order valence-electron chi connectivity index (χ1n) is 7.53. The molecule has 0 unspecified atom stereocenters. The zero-order chi connectivity index (χ0) is 16.2. The second-order valence-corrected chi connectivity index (χ2v) is 5.52. The van der Waals surface area contributed by atoms with Gasteiger partial charge < -0.3 is 15.4 Å². The number of amides is 2. The van der Waals surface area contributed by atoms with Gasteiger partial charge in [0, 0.05) is 5.69 Å². The van der Waals surface area contributed by atoms with Crippen molar-refractivity contribution in [2.75, 3.05) is 17.2 Å². The van der Waals surface area contributed by atoms with Gasteiger partial charge in [0.05, 0.1) is 25.1 Å². The predicted molar refractivity (Wildman–Crippen MR) is 88.7 cm³/mol. The zero-order valence-corrected chi connectivity index (χ0v) is 12.9. The SMILES string of the molecule is Cc1ccccc1NC(=O)Cc1ccc2c(c1)NC(=O)CCO2. The topological polar surface area (TPSA) is 67.4 Å². The largest absolute Gasteiger partial charge is 0.491 e. The van der Waals surface area contributed by atoms with Crippen LogP contribution in [0.4, 0.5) is 11.4 Å². The van der Waals surface area contributed by atoms with E-state index >= 15 is 0 Å². The molecule has 0 radical (unpaired) electrons. The third kappa shape index (κ3) is 3.69. The summed E-state index contributed by atoms with van der Waals surface area (Å²) in [4.78, 5) is 23.8. The highest BCUT2D eigenvalue weighted by molar-refractivity contribution is 5.95. The van der Waals surface area contributed by atoms with Gasteiger partial charge in [0.25, 0.3) is 0 Å². The van der Waals surface area contributed by atoms with Crippen LogP contribution in [0.5, 0.6) is 5.75 Å². The average Bonchev–Trinajstić information content (AvgIpc) is 2.69. The van der Waals surface area contributed by atoms with E-state index < -0.39 is 0 Å². The van der Waals surface area contributed by atoms with Crippen LogP contribution >= 0.6 is 0 Å². The summed E-state index contributed by atoms with van der Waals surface area (Å²) in [5.41, 5.74) is 3.27. The van der Waals surface area contributed by atoms with Crippen LogP contribution in [0.25, 0.3) is 0 Å². The lowest BCUT2D eigenvalue weighted by molar-refractivity contribution is -0.116. The van der Waals surface area contributed by atoms with Crippen LogP contribution in [-0.2, 0) is 16.0 Å². The summed E-state index contributed by atoms with van der Waals surface area (Å²) in [6, 6.07) is 13.1. The molecule has 1 aliphatic rings. The van der Waals surface area contributed by atoms with E-state index in [-0.39, 0.29) is 18.2 Å². The summed E-state index contributed by atoms with van der Waals surface area (Å²) >= 11 is 0. The molecule has 1 aliphatic heterocycles. The minimum atomic E-state index is -0.0971. The number of rotatable bonds is 3. The molecule has 2 N–H and O–H groups in total. The molecule has 0 aromatic heterocycles. The molecule has 0 fully saturated rings. The number of nitrogens with one attached hydrogen (secondary N) is 2. The number of carbonyl (C=O) groups excluding carboxylic acids is 2. The Morgan fingerprint density at radius 2 is 2.09 bits per heavy atom. The van der Waals surface area contributed by atoms with Crippen molar-refractivity contribution in [1.82, 2.24) is 0 Å². The molecule has 118 valence electrons. The van der Waals surface area contributed by atoms with Gasteiger partial charge in [0.1, 0.15) is 5.75 Å². The molecule has 5 nitrogen and oxygen atoms in total. The van der Waals surface area contributed by atoms with Crippen molar-refractivity contribution < 1.29 is 14.3 Å². The second kappa shape index (κ2) is 6.52. The van der Waals surface area contributed by atoms with E-state index in [2.05, 4.69) is 10.6 Å². The maximum Gasteiger partial charge on any atom is 0.228 e. The molecule has 1 heterocycles. The van der Waals surface area contributed by atoms with Crippen LogP contribution in [0.1, 0.15) is 17.5 Å². The maximum absolute atomic E-state index is 12.2. The molecule has 0 spiro atoms. The Hall–Kier alpha value is -2.82. The van der Waals surface area contributed by atoms with Gasteiger partial charge in [-0.1, -0.05) is 24.3 Å². The average molecular weight is 310 g/mol. The van der Waals surface area contributed by atoms with Crippen molar-refractivity contribution in [3.05, 3.63) is 53.6 Å². The molecule has 0 aliphatic carbocycles. The van der Waals surface area contributed by atoms with E-state index in [9.17, 15) is 9.59 Å². The van der Waals surface area contributed by atoms with Gasteiger partial charge in [-0.15, -0.1) is 0 Å². The number of carbonyl (C=O) groups is 2. The first-order chi connectivity index (χ1) is 11.1. The summed E-state index contributed by atoms with van der Waals surface area (Å²) in [6.45, 7) is 2.32. The Labute approximate surface area is 134 Å². The Morgan fingerprint density at radius 3 is 2.91 bits per heavy atom. The quantitative estimate of drug-likeness (QED) is 0.916. The Balaban J connectivity index is 1.72. The van der Waals surface area contributed by atoms with Crippen molar-refractivity contribution in [3.63, 3.8) is 0 Å². The lowest BCUT2D eigenvalue weighted by Gasteiger charge is -2.11. The van der Waals surface area contributed by atoms with Crippen molar-refractivity contribution >= 4 is 23.2 Å². The second-order valence-electron chi connectivity index (χ2n) is 5.52. The van der Waals surface area contributed by atoms with Crippen LogP contribution < -0.4 is 15.4 Å². The fourth-order valence-corrected chi connectivity index (χ4v) is 2.47. The summed E-state index contributed by atoms with van der Waals surface area (Å²) in [7, 11) is 0. The molecule has 0 saturated heterocycles. The van der Waals surface area contributed by atoms with E-state index in [1.54, 1.807) is 12.1 Å². The summed E-state index contributed by atoms with van der Waals surface area (Å²) < 4.78 is 5.51. The third-order valence-corrected chi connectivity index (χ3v) is 3.69. The molecule has 2 aromatic carbocycles. The highest BCUT2D eigenvalue weighted by Gasteiger charge is 2.15. The van der Waals surface area contributed by atoms with Crippen LogP contribution in [-0.4, -0.2) is 18.4 Å². The molecular formula is C18H18N2O3. The summed E-state index contributed by atoms with van der Waals surface area (Å²) in [5.74, 6) is 0.462. The minimum absolute atomic E-state index is 0.0785. The van der Waals surface area contributed by atoms with Gasteiger partial charge in [0.2, 0.25) is 11.8 Å². The molecule has 3 rings (SSSR count). The maximum atomic E-state index is 12.2. The number of para-hydroxylation sites is 1. The number of hydrogen-bond acceptors (Lipinski definition) is 3. The van der Waals surface area contributed by atoms with Gasteiger partial charge in [0.15, 0.2) is 0 Å². The Kier molecular flexibility index (Phi) is 4.28. The van der Waals surface area contributed by atoms with Gasteiger partial charge >= 0.3 is 0 Å². The molecule has 2 aromatic rings. The van der Waals surface area contributed by atoms with Crippen LogP contribution in [0.3, 0.4) is 0 Å². The van der Waals surface area contributed by atoms with Crippen molar-refractivity contribution in [3.8, 4) is 5.75 Å². The van der Waals surface area contributed by atoms with Crippen LogP contribution in [0, 0.1) is 6.92 Å². The van der Waals surface area contributed by atoms with E-state index in [0.29, 0.717) is 24.5 Å². The van der Waals surface area contributed by atoms with E-state index in [4.69, 9.17) is 4.74 Å². The minimum Gasteiger partial charge on any atom is -0.491 e. The smallest absolute Gasteiger partial charge is 0.228 e. The van der Waals surface area contributed by atoms with Gasteiger partial charge in [-0.3, -0.25) is 9.59 Å². The van der Waals surface area contributed by atoms with Gasteiger partial charge in [-0.05, 0) is 36.2 Å². The molecule has 23 heavy (non-hydrogen) atoms. The number of anilines is 2. The first kappa shape index (κ1) is 15.1. The molecule has 2 amide bonds. The van der Waals surface area contributed by atoms with Crippen molar-refractivity contribution in [2.45, 2.75) is 19.8 Å². The monoisotopic (exact) mass is 310 g/mol. The molecular weight excluding hydrogens is 292 g/mol. The lowest BCUT2D eigenvalue weighted by atomic mass is 10.1. The van der Waals surface area contributed by atoms with Crippen molar-refractivity contribution in [2.24, 2.45) is 0 Å². The first-order valence-corrected chi connectivity index (χ1v) is 7.53. The van der Waals surface area contributed by atoms with Crippen molar-refractivity contribution in [1.29, 1.82) is 0 Å². The molecule has 5 heteroatoms. The van der Waals surface area contributed by atoms with Gasteiger partial charge in [-0.2, -0.15) is 0 Å². The van der Waals surface area contributed by atoms with E-state index in [1.165, 1.54) is 0 Å². The number of aryl methyl sites for hydroxylation is 1. The molecule has 0 atom stereocenters. The summed E-state index contributed by atoms with van der Waals surface area (Å²) in [5, 5.41) is 5.70.